The number of esters is 1. The molecule has 3 atom stereocenters. The van der Waals surface area contributed by atoms with Crippen LogP contribution in [0.4, 0.5) is 4.79 Å². The first-order valence-corrected chi connectivity index (χ1v) is 15.5. The first-order valence-electron chi connectivity index (χ1n) is 15.5. The van der Waals surface area contributed by atoms with Gasteiger partial charge in [-0.1, -0.05) is 68.3 Å². The zero-order valence-corrected chi connectivity index (χ0v) is 28.4. The standard InChI is InChI=1S/C37H49N3O6/c1-11-22-40(33(42)29(23-25(3)4)39-35(44)46-37(8,9)10)31(28-20-18-26(12-2)19-21-28)32(41)38-30(34(43)45-36(5,6)7)24-27-16-14-13-15-17-27/h2,11,13-21,25,29-31H,1,22-24H2,3-10H3,(H,38,41)(H,39,44). The van der Waals surface area contributed by atoms with Crippen molar-refractivity contribution in [3.05, 3.63) is 83.9 Å². The SMILES string of the molecule is C#Cc1ccc(C(C(=O)NC(Cc2ccccc2)C(=O)OC(C)(C)C)N(CC=C)C(=O)C(CC(C)C)NC(=O)OC(C)(C)C)cc1. The maximum absolute atomic E-state index is 14.3. The molecule has 0 spiro atoms. The number of nitrogens with one attached hydrogen (secondary N) is 2. The molecule has 0 saturated carbocycles. The molecule has 3 unspecified atom stereocenters. The van der Waals surface area contributed by atoms with Crippen LogP contribution in [0.15, 0.2) is 67.3 Å². The minimum Gasteiger partial charge on any atom is -0.458 e. The number of carbonyl (C=O) groups is 4. The highest BCUT2D eigenvalue weighted by Gasteiger charge is 2.38. The van der Waals surface area contributed by atoms with Crippen LogP contribution in [0, 0.1) is 18.3 Å². The molecule has 9 nitrogen and oxygen atoms in total. The fourth-order valence-electron chi connectivity index (χ4n) is 4.71. The van der Waals surface area contributed by atoms with Gasteiger partial charge in [0.25, 0.3) is 0 Å². The number of benzene rings is 2. The zero-order valence-electron chi connectivity index (χ0n) is 28.4. The summed E-state index contributed by atoms with van der Waals surface area (Å²) in [5.41, 5.74) is 0.265. The molecule has 0 radical (unpaired) electrons. The van der Waals surface area contributed by atoms with Gasteiger partial charge in [0, 0.05) is 18.5 Å². The average Bonchev–Trinajstić information content (AvgIpc) is 2.94. The smallest absolute Gasteiger partial charge is 0.408 e. The van der Waals surface area contributed by atoms with Crippen molar-refractivity contribution in [2.45, 2.75) is 97.6 Å². The third kappa shape index (κ3) is 12.4. The number of amides is 3. The Morgan fingerprint density at radius 3 is 1.98 bits per heavy atom. The van der Waals surface area contributed by atoms with Crippen LogP contribution in [-0.4, -0.2) is 58.6 Å². The highest BCUT2D eigenvalue weighted by atomic mass is 16.6. The maximum atomic E-state index is 14.3. The summed E-state index contributed by atoms with van der Waals surface area (Å²) in [7, 11) is 0. The number of alkyl carbamates (subject to hydrolysis) is 1. The number of carbonyl (C=O) groups excluding carboxylic acids is 4. The van der Waals surface area contributed by atoms with E-state index < -0.39 is 53.2 Å². The minimum atomic E-state index is -1.21. The molecule has 248 valence electrons. The van der Waals surface area contributed by atoms with Crippen LogP contribution in [0.25, 0.3) is 0 Å². The van der Waals surface area contributed by atoms with E-state index in [4.69, 9.17) is 15.9 Å². The van der Waals surface area contributed by atoms with Gasteiger partial charge in [0.1, 0.15) is 29.3 Å². The van der Waals surface area contributed by atoms with E-state index in [0.717, 1.165) is 5.56 Å². The summed E-state index contributed by atoms with van der Waals surface area (Å²) in [6, 6.07) is 12.6. The first-order chi connectivity index (χ1) is 21.4. The molecule has 2 aromatic rings. The molecule has 0 saturated heterocycles. The second kappa shape index (κ2) is 16.6. The highest BCUT2D eigenvalue weighted by Crippen LogP contribution is 2.25. The van der Waals surface area contributed by atoms with E-state index in [1.165, 1.54) is 11.0 Å². The van der Waals surface area contributed by atoms with Crippen molar-refractivity contribution in [2.24, 2.45) is 5.92 Å². The van der Waals surface area contributed by atoms with Crippen molar-refractivity contribution in [3.8, 4) is 12.3 Å². The first kappa shape index (κ1) is 37.6. The Labute approximate surface area is 274 Å². The van der Waals surface area contributed by atoms with E-state index in [-0.39, 0.29) is 25.3 Å². The molecule has 46 heavy (non-hydrogen) atoms. The second-order valence-electron chi connectivity index (χ2n) is 13.6. The Morgan fingerprint density at radius 1 is 0.891 bits per heavy atom. The van der Waals surface area contributed by atoms with Crippen LogP contribution in [0.2, 0.25) is 0 Å². The summed E-state index contributed by atoms with van der Waals surface area (Å²) in [6.45, 7) is 18.1. The summed E-state index contributed by atoms with van der Waals surface area (Å²) in [4.78, 5) is 56.2. The predicted octanol–water partition coefficient (Wildman–Crippen LogP) is 5.73. The molecular weight excluding hydrogens is 582 g/mol. The lowest BCUT2D eigenvalue weighted by Gasteiger charge is -2.35. The lowest BCUT2D eigenvalue weighted by atomic mass is 9.98. The molecule has 2 aromatic carbocycles. The van der Waals surface area contributed by atoms with Gasteiger partial charge >= 0.3 is 12.1 Å². The number of hydrogen-bond acceptors (Lipinski definition) is 6. The normalized spacial score (nSPS) is 13.4. The Balaban J connectivity index is 2.60. The van der Waals surface area contributed by atoms with Gasteiger partial charge in [-0.15, -0.1) is 13.0 Å². The number of nitrogens with zero attached hydrogens (tertiary/aromatic N) is 1. The van der Waals surface area contributed by atoms with Crippen molar-refractivity contribution < 1.29 is 28.7 Å². The summed E-state index contributed by atoms with van der Waals surface area (Å²) in [5, 5.41) is 5.57. The second-order valence-corrected chi connectivity index (χ2v) is 13.6. The quantitative estimate of drug-likeness (QED) is 0.166. The van der Waals surface area contributed by atoms with E-state index >= 15 is 0 Å². The molecule has 2 N–H and O–H groups in total. The lowest BCUT2D eigenvalue weighted by Crippen LogP contribution is -2.55. The van der Waals surface area contributed by atoms with Crippen molar-refractivity contribution in [3.63, 3.8) is 0 Å². The van der Waals surface area contributed by atoms with Gasteiger partial charge in [0.05, 0.1) is 0 Å². The largest absolute Gasteiger partial charge is 0.458 e. The third-order valence-electron chi connectivity index (χ3n) is 6.55. The average molecular weight is 632 g/mol. The summed E-state index contributed by atoms with van der Waals surface area (Å²) in [6.07, 6.45) is 6.78. The number of hydrogen-bond donors (Lipinski definition) is 2. The maximum Gasteiger partial charge on any atom is 0.408 e. The summed E-state index contributed by atoms with van der Waals surface area (Å²) < 4.78 is 11.1. The molecule has 0 aliphatic carbocycles. The van der Waals surface area contributed by atoms with E-state index in [1.54, 1.807) is 65.8 Å². The van der Waals surface area contributed by atoms with Gasteiger partial charge in [0.15, 0.2) is 0 Å². The molecule has 0 aliphatic rings. The van der Waals surface area contributed by atoms with Crippen LogP contribution in [0.3, 0.4) is 0 Å². The van der Waals surface area contributed by atoms with Crippen molar-refractivity contribution in [1.82, 2.24) is 15.5 Å². The Hall–Kier alpha value is -4.58. The molecular formula is C37H49N3O6. The summed E-state index contributed by atoms with van der Waals surface area (Å²) >= 11 is 0. The molecule has 9 heteroatoms. The van der Waals surface area contributed by atoms with Crippen LogP contribution < -0.4 is 10.6 Å². The topological polar surface area (TPSA) is 114 Å². The molecule has 0 aromatic heterocycles. The number of terminal acetylenes is 1. The molecule has 0 fully saturated rings. The van der Waals surface area contributed by atoms with E-state index in [2.05, 4.69) is 23.1 Å². The molecule has 0 bridgehead atoms. The fraction of sp³-hybridized carbons (Fsp3) is 0.459. The molecule has 0 heterocycles. The van der Waals surface area contributed by atoms with Crippen molar-refractivity contribution in [2.75, 3.05) is 6.54 Å². The van der Waals surface area contributed by atoms with E-state index in [0.29, 0.717) is 11.1 Å². The van der Waals surface area contributed by atoms with E-state index in [1.807, 2.05) is 44.2 Å². The van der Waals surface area contributed by atoms with Crippen LogP contribution >= 0.6 is 0 Å². The Bertz CT molecular complexity index is 1380. The zero-order chi connectivity index (χ0) is 34.7. The van der Waals surface area contributed by atoms with E-state index in [9.17, 15) is 19.2 Å². The molecule has 0 aliphatic heterocycles. The van der Waals surface area contributed by atoms with Gasteiger partial charge in [0.2, 0.25) is 11.8 Å². The minimum absolute atomic E-state index is 0.0130. The lowest BCUT2D eigenvalue weighted by molar-refractivity contribution is -0.159. The summed E-state index contributed by atoms with van der Waals surface area (Å²) in [5.74, 6) is 0.824. The highest BCUT2D eigenvalue weighted by molar-refractivity contribution is 5.94. The number of rotatable bonds is 13. The van der Waals surface area contributed by atoms with Gasteiger partial charge < -0.3 is 25.0 Å². The Kier molecular flexibility index (Phi) is 13.6. The Morgan fingerprint density at radius 2 is 1.48 bits per heavy atom. The number of ether oxygens (including phenoxy) is 2. The van der Waals surface area contributed by atoms with Gasteiger partial charge in [-0.05, 0) is 77.1 Å². The predicted molar refractivity (Wildman–Crippen MR) is 180 cm³/mol. The molecule has 3 amide bonds. The van der Waals surface area contributed by atoms with Gasteiger partial charge in [-0.2, -0.15) is 0 Å². The molecule has 2 rings (SSSR count). The van der Waals surface area contributed by atoms with Crippen LogP contribution in [-0.2, 0) is 30.3 Å². The fourth-order valence-corrected chi connectivity index (χ4v) is 4.71. The third-order valence-corrected chi connectivity index (χ3v) is 6.55. The van der Waals surface area contributed by atoms with Crippen LogP contribution in [0.5, 0.6) is 0 Å². The van der Waals surface area contributed by atoms with Gasteiger partial charge in [-0.3, -0.25) is 9.59 Å². The van der Waals surface area contributed by atoms with Crippen LogP contribution in [0.1, 0.15) is 84.5 Å². The monoisotopic (exact) mass is 631 g/mol. The van der Waals surface area contributed by atoms with Gasteiger partial charge in [-0.25, -0.2) is 9.59 Å². The van der Waals surface area contributed by atoms with Crippen molar-refractivity contribution >= 4 is 23.9 Å². The van der Waals surface area contributed by atoms with Crippen molar-refractivity contribution in [1.29, 1.82) is 0 Å².